The second-order valence-corrected chi connectivity index (χ2v) is 5.75. The van der Waals surface area contributed by atoms with E-state index in [-0.39, 0.29) is 6.04 Å². The van der Waals surface area contributed by atoms with E-state index in [4.69, 9.17) is 0 Å². The van der Waals surface area contributed by atoms with Crippen molar-refractivity contribution in [1.29, 1.82) is 5.26 Å². The first-order chi connectivity index (χ1) is 8.61. The molecule has 1 aliphatic heterocycles. The molecule has 0 N–H and O–H groups in total. The summed E-state index contributed by atoms with van der Waals surface area (Å²) in [7, 11) is 2.13. The normalized spacial score (nSPS) is 19.4. The second kappa shape index (κ2) is 5.83. The van der Waals surface area contributed by atoms with Crippen molar-refractivity contribution in [2.75, 3.05) is 33.2 Å². The zero-order chi connectivity index (χ0) is 13.1. The summed E-state index contributed by atoms with van der Waals surface area (Å²) in [5.41, 5.74) is 2.29. The van der Waals surface area contributed by atoms with Crippen molar-refractivity contribution in [2.24, 2.45) is 0 Å². The van der Waals surface area contributed by atoms with Gasteiger partial charge >= 0.3 is 0 Å². The standard InChI is InChI=1S/C14H18BrN3/c1-11-3-4-12(13(15)9-11)14(10-16)18-7-5-17(2)6-8-18/h3-4,9,14H,5-8H2,1-2H3. The molecule has 2 rings (SSSR count). The van der Waals surface area contributed by atoms with Crippen LogP contribution in [-0.2, 0) is 0 Å². The maximum Gasteiger partial charge on any atom is 0.125 e. The Kier molecular flexibility index (Phi) is 4.39. The Morgan fingerprint density at radius 3 is 2.50 bits per heavy atom. The average molecular weight is 308 g/mol. The van der Waals surface area contributed by atoms with Gasteiger partial charge in [0.25, 0.3) is 0 Å². The third-order valence-electron chi connectivity index (χ3n) is 3.48. The number of hydrogen-bond acceptors (Lipinski definition) is 3. The number of rotatable bonds is 2. The minimum atomic E-state index is -0.145. The van der Waals surface area contributed by atoms with Gasteiger partial charge in [-0.3, -0.25) is 4.90 Å². The minimum absolute atomic E-state index is 0.145. The van der Waals surface area contributed by atoms with Crippen LogP contribution >= 0.6 is 15.9 Å². The first kappa shape index (κ1) is 13.5. The lowest BCUT2D eigenvalue weighted by molar-refractivity contribution is 0.132. The zero-order valence-corrected chi connectivity index (χ0v) is 12.4. The lowest BCUT2D eigenvalue weighted by atomic mass is 10.0. The molecule has 1 atom stereocenters. The van der Waals surface area contributed by atoms with Crippen molar-refractivity contribution in [3.8, 4) is 6.07 Å². The molecule has 18 heavy (non-hydrogen) atoms. The highest BCUT2D eigenvalue weighted by Gasteiger charge is 2.24. The van der Waals surface area contributed by atoms with E-state index >= 15 is 0 Å². The molecular formula is C14H18BrN3. The van der Waals surface area contributed by atoms with E-state index in [1.165, 1.54) is 5.56 Å². The van der Waals surface area contributed by atoms with Crippen molar-refractivity contribution in [2.45, 2.75) is 13.0 Å². The number of nitrogens with zero attached hydrogens (tertiary/aromatic N) is 3. The number of hydrogen-bond donors (Lipinski definition) is 0. The summed E-state index contributed by atoms with van der Waals surface area (Å²) in [4.78, 5) is 4.56. The fraction of sp³-hybridized carbons (Fsp3) is 0.500. The molecule has 1 heterocycles. The van der Waals surface area contributed by atoms with E-state index in [0.717, 1.165) is 36.2 Å². The third kappa shape index (κ3) is 2.92. The fourth-order valence-electron chi connectivity index (χ4n) is 2.28. The van der Waals surface area contributed by atoms with Crippen LogP contribution in [0.15, 0.2) is 22.7 Å². The molecule has 1 aromatic carbocycles. The molecule has 0 radical (unpaired) electrons. The summed E-state index contributed by atoms with van der Waals surface area (Å²) >= 11 is 3.58. The monoisotopic (exact) mass is 307 g/mol. The van der Waals surface area contributed by atoms with Gasteiger partial charge in [-0.25, -0.2) is 0 Å². The smallest absolute Gasteiger partial charge is 0.125 e. The maximum atomic E-state index is 9.47. The summed E-state index contributed by atoms with van der Waals surface area (Å²) in [5, 5.41) is 9.47. The molecule has 96 valence electrons. The fourth-order valence-corrected chi connectivity index (χ4v) is 2.99. The van der Waals surface area contributed by atoms with Crippen LogP contribution in [0.3, 0.4) is 0 Å². The first-order valence-corrected chi connectivity index (χ1v) is 6.99. The maximum absolute atomic E-state index is 9.47. The Morgan fingerprint density at radius 1 is 1.28 bits per heavy atom. The number of benzene rings is 1. The van der Waals surface area contributed by atoms with Crippen LogP contribution in [0.25, 0.3) is 0 Å². The van der Waals surface area contributed by atoms with E-state index in [1.54, 1.807) is 0 Å². The molecule has 1 aromatic rings. The lowest BCUT2D eigenvalue weighted by Crippen LogP contribution is -2.45. The van der Waals surface area contributed by atoms with Gasteiger partial charge in [-0.1, -0.05) is 28.1 Å². The Balaban J connectivity index is 2.21. The van der Waals surface area contributed by atoms with E-state index in [2.05, 4.69) is 64.0 Å². The van der Waals surface area contributed by atoms with Gasteiger partial charge in [0.15, 0.2) is 0 Å². The van der Waals surface area contributed by atoms with E-state index in [0.29, 0.717) is 0 Å². The number of aryl methyl sites for hydroxylation is 1. The largest absolute Gasteiger partial charge is 0.304 e. The predicted molar refractivity (Wildman–Crippen MR) is 76.3 cm³/mol. The highest BCUT2D eigenvalue weighted by atomic mass is 79.9. The molecule has 3 nitrogen and oxygen atoms in total. The van der Waals surface area contributed by atoms with Crippen LogP contribution in [-0.4, -0.2) is 43.0 Å². The lowest BCUT2D eigenvalue weighted by Gasteiger charge is -2.35. The summed E-state index contributed by atoms with van der Waals surface area (Å²) in [5.74, 6) is 0. The van der Waals surface area contributed by atoms with E-state index < -0.39 is 0 Å². The molecular weight excluding hydrogens is 290 g/mol. The van der Waals surface area contributed by atoms with Crippen molar-refractivity contribution in [3.05, 3.63) is 33.8 Å². The number of nitriles is 1. The molecule has 1 saturated heterocycles. The number of halogens is 1. The summed E-state index contributed by atoms with van der Waals surface area (Å²) < 4.78 is 1.04. The topological polar surface area (TPSA) is 30.3 Å². The van der Waals surface area contributed by atoms with Gasteiger partial charge in [0, 0.05) is 30.7 Å². The molecule has 0 spiro atoms. The van der Waals surface area contributed by atoms with Crippen LogP contribution in [0.2, 0.25) is 0 Å². The van der Waals surface area contributed by atoms with Crippen LogP contribution in [0.1, 0.15) is 17.2 Å². The zero-order valence-electron chi connectivity index (χ0n) is 10.9. The molecule has 0 aliphatic carbocycles. The van der Waals surface area contributed by atoms with Crippen molar-refractivity contribution < 1.29 is 0 Å². The minimum Gasteiger partial charge on any atom is -0.304 e. The first-order valence-electron chi connectivity index (χ1n) is 6.20. The van der Waals surface area contributed by atoms with Gasteiger partial charge < -0.3 is 4.90 Å². The van der Waals surface area contributed by atoms with Gasteiger partial charge in [0.1, 0.15) is 6.04 Å². The van der Waals surface area contributed by atoms with Crippen LogP contribution < -0.4 is 0 Å². The third-order valence-corrected chi connectivity index (χ3v) is 4.16. The van der Waals surface area contributed by atoms with Gasteiger partial charge in [-0.15, -0.1) is 0 Å². The summed E-state index contributed by atoms with van der Waals surface area (Å²) in [6.07, 6.45) is 0. The quantitative estimate of drug-likeness (QED) is 0.841. The van der Waals surface area contributed by atoms with Gasteiger partial charge in [0.05, 0.1) is 6.07 Å². The molecule has 1 unspecified atom stereocenters. The second-order valence-electron chi connectivity index (χ2n) is 4.90. The highest BCUT2D eigenvalue weighted by molar-refractivity contribution is 9.10. The molecule has 1 fully saturated rings. The van der Waals surface area contributed by atoms with Crippen LogP contribution in [0.4, 0.5) is 0 Å². The van der Waals surface area contributed by atoms with Crippen molar-refractivity contribution >= 4 is 15.9 Å². The van der Waals surface area contributed by atoms with Gasteiger partial charge in [0.2, 0.25) is 0 Å². The molecule has 0 aromatic heterocycles. The Bertz CT molecular complexity index is 459. The van der Waals surface area contributed by atoms with E-state index in [9.17, 15) is 5.26 Å². The summed E-state index contributed by atoms with van der Waals surface area (Å²) in [6, 6.07) is 8.51. The highest BCUT2D eigenvalue weighted by Crippen LogP contribution is 2.29. The molecule has 1 aliphatic rings. The Hall–Kier alpha value is -0.890. The van der Waals surface area contributed by atoms with Crippen LogP contribution in [0.5, 0.6) is 0 Å². The SMILES string of the molecule is Cc1ccc(C(C#N)N2CCN(C)CC2)c(Br)c1. The van der Waals surface area contributed by atoms with Gasteiger partial charge in [-0.2, -0.15) is 5.26 Å². The van der Waals surface area contributed by atoms with Crippen molar-refractivity contribution in [1.82, 2.24) is 9.80 Å². The van der Waals surface area contributed by atoms with Crippen LogP contribution in [0, 0.1) is 18.3 Å². The number of piperazine rings is 1. The molecule has 0 amide bonds. The number of likely N-dealkylation sites (N-methyl/N-ethyl adjacent to an activating group) is 1. The van der Waals surface area contributed by atoms with Crippen molar-refractivity contribution in [3.63, 3.8) is 0 Å². The Labute approximate surface area is 117 Å². The van der Waals surface area contributed by atoms with E-state index in [1.807, 2.05) is 0 Å². The molecule has 0 bridgehead atoms. The summed E-state index contributed by atoms with van der Waals surface area (Å²) in [6.45, 7) is 6.03. The average Bonchev–Trinajstić information content (AvgIpc) is 2.35. The molecule has 0 saturated carbocycles. The molecule has 4 heteroatoms. The Morgan fingerprint density at radius 2 is 1.94 bits per heavy atom. The van der Waals surface area contributed by atoms with Gasteiger partial charge in [-0.05, 0) is 31.2 Å². The predicted octanol–water partition coefficient (Wildman–Crippen LogP) is 2.57.